The van der Waals surface area contributed by atoms with Crippen LogP contribution in [0.4, 0.5) is 5.69 Å². The lowest BCUT2D eigenvalue weighted by atomic mass is 10.1. The topological polar surface area (TPSA) is 29.1 Å². The summed E-state index contributed by atoms with van der Waals surface area (Å²) in [5.41, 5.74) is 2.03. The molecule has 0 aliphatic carbocycles. The minimum Gasteiger partial charge on any atom is -0.319 e. The predicted octanol–water partition coefficient (Wildman–Crippen LogP) is 4.55. The van der Waals surface area contributed by atoms with Gasteiger partial charge in [0, 0.05) is 5.56 Å². The second-order valence-electron chi connectivity index (χ2n) is 3.92. The van der Waals surface area contributed by atoms with Crippen LogP contribution in [0.25, 0.3) is 0 Å². The van der Waals surface area contributed by atoms with Gasteiger partial charge in [0.05, 0.1) is 15.7 Å². The molecule has 18 heavy (non-hydrogen) atoms. The molecule has 0 heterocycles. The molecule has 2 nitrogen and oxygen atoms in total. The first kappa shape index (κ1) is 12.9. The van der Waals surface area contributed by atoms with E-state index in [9.17, 15) is 4.79 Å². The standard InChI is InChI=1S/C14H11Cl2NO/c1-9-4-2-5-10(8-9)14(18)17-13-11(15)6-3-7-12(13)16/h2-8H,1H3,(H,17,18). The summed E-state index contributed by atoms with van der Waals surface area (Å²) in [5.74, 6) is -0.228. The van der Waals surface area contributed by atoms with Crippen LogP contribution in [0.5, 0.6) is 0 Å². The van der Waals surface area contributed by atoms with Crippen LogP contribution in [0.2, 0.25) is 10.0 Å². The van der Waals surface area contributed by atoms with E-state index in [1.165, 1.54) is 0 Å². The number of benzene rings is 2. The zero-order chi connectivity index (χ0) is 13.1. The van der Waals surface area contributed by atoms with Gasteiger partial charge in [-0.1, -0.05) is 47.0 Å². The van der Waals surface area contributed by atoms with Crippen molar-refractivity contribution in [1.29, 1.82) is 0 Å². The zero-order valence-corrected chi connectivity index (χ0v) is 11.2. The molecule has 0 aliphatic rings. The zero-order valence-electron chi connectivity index (χ0n) is 9.71. The van der Waals surface area contributed by atoms with Crippen molar-refractivity contribution >= 4 is 34.8 Å². The Morgan fingerprint density at radius 3 is 2.28 bits per heavy atom. The summed E-state index contributed by atoms with van der Waals surface area (Å²) in [5, 5.41) is 3.56. The molecule has 0 fully saturated rings. The van der Waals surface area contributed by atoms with Gasteiger partial charge < -0.3 is 5.32 Å². The molecule has 0 bridgehead atoms. The lowest BCUT2D eigenvalue weighted by molar-refractivity contribution is 0.102. The second kappa shape index (κ2) is 5.42. The summed E-state index contributed by atoms with van der Waals surface area (Å²) in [6.07, 6.45) is 0. The average Bonchev–Trinajstić information content (AvgIpc) is 2.34. The number of aryl methyl sites for hydroxylation is 1. The van der Waals surface area contributed by atoms with Crippen LogP contribution in [0.1, 0.15) is 15.9 Å². The Bertz CT molecular complexity index is 576. The lowest BCUT2D eigenvalue weighted by Gasteiger charge is -2.09. The molecule has 0 spiro atoms. The first-order valence-corrected chi connectivity index (χ1v) is 6.15. The van der Waals surface area contributed by atoms with Crippen LogP contribution in [-0.2, 0) is 0 Å². The molecule has 0 atom stereocenters. The third-order valence-electron chi connectivity index (χ3n) is 2.48. The maximum Gasteiger partial charge on any atom is 0.255 e. The minimum atomic E-state index is -0.228. The highest BCUT2D eigenvalue weighted by Crippen LogP contribution is 2.30. The van der Waals surface area contributed by atoms with Gasteiger partial charge in [0.25, 0.3) is 5.91 Å². The monoisotopic (exact) mass is 279 g/mol. The summed E-state index contributed by atoms with van der Waals surface area (Å²) in [6.45, 7) is 1.93. The number of hydrogen-bond acceptors (Lipinski definition) is 1. The van der Waals surface area contributed by atoms with Gasteiger partial charge >= 0.3 is 0 Å². The molecule has 0 unspecified atom stereocenters. The van der Waals surface area contributed by atoms with Gasteiger partial charge in [-0.2, -0.15) is 0 Å². The van der Waals surface area contributed by atoms with E-state index in [-0.39, 0.29) is 5.91 Å². The summed E-state index contributed by atoms with van der Waals surface area (Å²) in [4.78, 5) is 12.0. The maximum absolute atomic E-state index is 12.0. The van der Waals surface area contributed by atoms with Crippen LogP contribution in [-0.4, -0.2) is 5.91 Å². The van der Waals surface area contributed by atoms with E-state index in [4.69, 9.17) is 23.2 Å². The fraction of sp³-hybridized carbons (Fsp3) is 0.0714. The molecule has 0 saturated carbocycles. The molecule has 1 amide bonds. The first-order valence-electron chi connectivity index (χ1n) is 5.40. The molecular formula is C14H11Cl2NO. The highest BCUT2D eigenvalue weighted by atomic mass is 35.5. The molecule has 4 heteroatoms. The summed E-state index contributed by atoms with van der Waals surface area (Å²) < 4.78 is 0. The Balaban J connectivity index is 2.27. The van der Waals surface area contributed by atoms with Crippen molar-refractivity contribution in [3.8, 4) is 0 Å². The van der Waals surface area contributed by atoms with E-state index >= 15 is 0 Å². The van der Waals surface area contributed by atoms with Crippen molar-refractivity contribution in [2.75, 3.05) is 5.32 Å². The van der Waals surface area contributed by atoms with E-state index in [1.807, 2.05) is 19.1 Å². The average molecular weight is 280 g/mol. The number of carbonyl (C=O) groups is 1. The molecule has 0 aromatic heterocycles. The van der Waals surface area contributed by atoms with Crippen molar-refractivity contribution in [2.24, 2.45) is 0 Å². The number of anilines is 1. The van der Waals surface area contributed by atoms with Crippen LogP contribution < -0.4 is 5.32 Å². The first-order chi connectivity index (χ1) is 8.58. The Morgan fingerprint density at radius 2 is 1.67 bits per heavy atom. The number of para-hydroxylation sites is 1. The highest BCUT2D eigenvalue weighted by molar-refractivity contribution is 6.40. The third kappa shape index (κ3) is 2.84. The summed E-state index contributed by atoms with van der Waals surface area (Å²) in [7, 11) is 0. The van der Waals surface area contributed by atoms with E-state index in [1.54, 1.807) is 30.3 Å². The lowest BCUT2D eigenvalue weighted by Crippen LogP contribution is -2.12. The van der Waals surface area contributed by atoms with E-state index in [0.717, 1.165) is 5.56 Å². The van der Waals surface area contributed by atoms with Gasteiger partial charge in [-0.3, -0.25) is 4.79 Å². The SMILES string of the molecule is Cc1cccc(C(=O)Nc2c(Cl)cccc2Cl)c1. The van der Waals surface area contributed by atoms with Gasteiger partial charge in [-0.15, -0.1) is 0 Å². The van der Waals surface area contributed by atoms with Crippen molar-refractivity contribution < 1.29 is 4.79 Å². The quantitative estimate of drug-likeness (QED) is 0.858. The number of rotatable bonds is 2. The van der Waals surface area contributed by atoms with E-state index in [0.29, 0.717) is 21.3 Å². The molecule has 2 rings (SSSR count). The van der Waals surface area contributed by atoms with Gasteiger partial charge in [0.1, 0.15) is 0 Å². The largest absolute Gasteiger partial charge is 0.319 e. The number of carbonyl (C=O) groups excluding carboxylic acids is 1. The third-order valence-corrected chi connectivity index (χ3v) is 3.11. The normalized spacial score (nSPS) is 10.2. The van der Waals surface area contributed by atoms with Gasteiger partial charge in [-0.25, -0.2) is 0 Å². The Hall–Kier alpha value is -1.51. The molecule has 0 radical (unpaired) electrons. The van der Waals surface area contributed by atoms with E-state index in [2.05, 4.69) is 5.32 Å². The van der Waals surface area contributed by atoms with Crippen LogP contribution in [0.3, 0.4) is 0 Å². The fourth-order valence-corrected chi connectivity index (χ4v) is 2.08. The number of halogens is 2. The van der Waals surface area contributed by atoms with Gasteiger partial charge in [-0.05, 0) is 31.2 Å². The van der Waals surface area contributed by atoms with Crippen molar-refractivity contribution in [3.05, 3.63) is 63.6 Å². The molecule has 0 aliphatic heterocycles. The highest BCUT2D eigenvalue weighted by Gasteiger charge is 2.11. The van der Waals surface area contributed by atoms with Crippen LogP contribution in [0.15, 0.2) is 42.5 Å². The van der Waals surface area contributed by atoms with Gasteiger partial charge in [0.2, 0.25) is 0 Å². The summed E-state index contributed by atoms with van der Waals surface area (Å²) in [6, 6.07) is 12.4. The number of nitrogens with one attached hydrogen (secondary N) is 1. The summed E-state index contributed by atoms with van der Waals surface area (Å²) >= 11 is 12.0. The molecule has 2 aromatic rings. The number of hydrogen-bond donors (Lipinski definition) is 1. The Labute approximate surface area is 116 Å². The van der Waals surface area contributed by atoms with Gasteiger partial charge in [0.15, 0.2) is 0 Å². The molecule has 0 saturated heterocycles. The van der Waals surface area contributed by atoms with Crippen molar-refractivity contribution in [2.45, 2.75) is 6.92 Å². The molecule has 2 aromatic carbocycles. The van der Waals surface area contributed by atoms with Crippen LogP contribution >= 0.6 is 23.2 Å². The smallest absolute Gasteiger partial charge is 0.255 e. The minimum absolute atomic E-state index is 0.228. The van der Waals surface area contributed by atoms with Crippen molar-refractivity contribution in [3.63, 3.8) is 0 Å². The van der Waals surface area contributed by atoms with E-state index < -0.39 is 0 Å². The molecule has 92 valence electrons. The predicted molar refractivity (Wildman–Crippen MR) is 75.6 cm³/mol. The Morgan fingerprint density at radius 1 is 1.06 bits per heavy atom. The maximum atomic E-state index is 12.0. The Kier molecular flexibility index (Phi) is 3.90. The second-order valence-corrected chi connectivity index (χ2v) is 4.73. The van der Waals surface area contributed by atoms with Crippen molar-refractivity contribution in [1.82, 2.24) is 0 Å². The number of amides is 1. The van der Waals surface area contributed by atoms with Crippen LogP contribution in [0, 0.1) is 6.92 Å². The molecular weight excluding hydrogens is 269 g/mol. The fourth-order valence-electron chi connectivity index (χ4n) is 1.59. The molecule has 1 N–H and O–H groups in total.